The molecular weight excluding hydrogens is 269 g/mol. The van der Waals surface area contributed by atoms with Gasteiger partial charge in [0.05, 0.1) is 16.4 Å². The number of benzene rings is 2. The molecule has 0 heterocycles. The van der Waals surface area contributed by atoms with Crippen molar-refractivity contribution < 1.29 is 9.18 Å². The third-order valence-electron chi connectivity index (χ3n) is 2.38. The van der Waals surface area contributed by atoms with Gasteiger partial charge in [0.2, 0.25) is 0 Å². The van der Waals surface area contributed by atoms with E-state index in [2.05, 4.69) is 10.6 Å². The molecule has 4 N–H and O–H groups in total. The number of rotatable bonds is 2. The summed E-state index contributed by atoms with van der Waals surface area (Å²) in [6, 6.07) is 10.3. The van der Waals surface area contributed by atoms with Crippen molar-refractivity contribution in [2.45, 2.75) is 0 Å². The Morgan fingerprint density at radius 1 is 1.16 bits per heavy atom. The zero-order chi connectivity index (χ0) is 13.8. The van der Waals surface area contributed by atoms with Gasteiger partial charge in [-0.1, -0.05) is 23.7 Å². The molecule has 2 aromatic rings. The lowest BCUT2D eigenvalue weighted by Crippen LogP contribution is -2.19. The van der Waals surface area contributed by atoms with E-state index in [4.69, 9.17) is 17.3 Å². The number of carbonyl (C=O) groups excluding carboxylic acids is 1. The number of amides is 2. The van der Waals surface area contributed by atoms with Crippen molar-refractivity contribution in [1.29, 1.82) is 0 Å². The summed E-state index contributed by atoms with van der Waals surface area (Å²) in [5, 5.41) is 5.53. The minimum Gasteiger partial charge on any atom is -0.396 e. The van der Waals surface area contributed by atoms with Crippen LogP contribution in [0.15, 0.2) is 42.5 Å². The lowest BCUT2D eigenvalue weighted by atomic mass is 10.2. The van der Waals surface area contributed by atoms with Crippen LogP contribution >= 0.6 is 11.6 Å². The Hall–Kier alpha value is -2.27. The fraction of sp³-hybridized carbons (Fsp3) is 0. The first-order valence-electron chi connectivity index (χ1n) is 5.44. The van der Waals surface area contributed by atoms with E-state index in [9.17, 15) is 9.18 Å². The zero-order valence-electron chi connectivity index (χ0n) is 9.78. The molecule has 2 amide bonds. The van der Waals surface area contributed by atoms with Crippen LogP contribution in [0.5, 0.6) is 0 Å². The minimum absolute atomic E-state index is 0.0319. The molecular formula is C13H11ClFN3O. The number of urea groups is 1. The molecule has 0 aliphatic rings. The number of nitrogen functional groups attached to an aromatic ring is 1. The summed E-state index contributed by atoms with van der Waals surface area (Å²) in [4.78, 5) is 11.7. The molecule has 0 spiro atoms. The van der Waals surface area contributed by atoms with Crippen molar-refractivity contribution in [1.82, 2.24) is 0 Å². The summed E-state index contributed by atoms with van der Waals surface area (Å²) < 4.78 is 13.0. The van der Waals surface area contributed by atoms with Gasteiger partial charge in [-0.2, -0.15) is 0 Å². The Kier molecular flexibility index (Phi) is 3.87. The Labute approximate surface area is 114 Å². The molecule has 6 heteroatoms. The smallest absolute Gasteiger partial charge is 0.323 e. The van der Waals surface area contributed by atoms with Crippen LogP contribution in [0.3, 0.4) is 0 Å². The topological polar surface area (TPSA) is 67.1 Å². The molecule has 0 saturated heterocycles. The standard InChI is InChI=1S/C13H11ClFN3O/c14-9-3-1-2-4-12(9)18-13(19)17-8-5-6-10(15)11(16)7-8/h1-7H,16H2,(H2,17,18,19). The summed E-state index contributed by atoms with van der Waals surface area (Å²) in [5.41, 5.74) is 6.25. The zero-order valence-corrected chi connectivity index (χ0v) is 10.5. The van der Waals surface area contributed by atoms with Gasteiger partial charge in [-0.15, -0.1) is 0 Å². The average Bonchev–Trinajstić information content (AvgIpc) is 2.37. The van der Waals surface area contributed by atoms with Crippen LogP contribution in [0.2, 0.25) is 5.02 Å². The van der Waals surface area contributed by atoms with E-state index in [0.29, 0.717) is 16.4 Å². The highest BCUT2D eigenvalue weighted by atomic mass is 35.5. The molecule has 4 nitrogen and oxygen atoms in total. The summed E-state index contributed by atoms with van der Waals surface area (Å²) >= 11 is 5.91. The highest BCUT2D eigenvalue weighted by molar-refractivity contribution is 6.33. The molecule has 0 radical (unpaired) electrons. The maximum absolute atomic E-state index is 13.0. The maximum atomic E-state index is 13.0. The first-order chi connectivity index (χ1) is 9.06. The van der Waals surface area contributed by atoms with Crippen LogP contribution in [-0.2, 0) is 0 Å². The van der Waals surface area contributed by atoms with Crippen LogP contribution in [0, 0.1) is 5.82 Å². The number of halogens is 2. The Morgan fingerprint density at radius 2 is 1.89 bits per heavy atom. The first kappa shape index (κ1) is 13.2. The monoisotopic (exact) mass is 279 g/mol. The van der Waals surface area contributed by atoms with Crippen molar-refractivity contribution in [3.8, 4) is 0 Å². The molecule has 0 saturated carbocycles. The molecule has 0 aliphatic carbocycles. The Balaban J connectivity index is 2.05. The number of para-hydroxylation sites is 1. The second-order valence-electron chi connectivity index (χ2n) is 3.80. The van der Waals surface area contributed by atoms with E-state index in [1.54, 1.807) is 24.3 Å². The van der Waals surface area contributed by atoms with E-state index < -0.39 is 11.8 Å². The Bertz CT molecular complexity index is 619. The van der Waals surface area contributed by atoms with Gasteiger partial charge in [-0.25, -0.2) is 9.18 Å². The molecule has 0 atom stereocenters. The molecule has 19 heavy (non-hydrogen) atoms. The van der Waals surface area contributed by atoms with Gasteiger partial charge in [0, 0.05) is 5.69 Å². The van der Waals surface area contributed by atoms with Crippen molar-refractivity contribution in [2.24, 2.45) is 0 Å². The fourth-order valence-electron chi connectivity index (χ4n) is 1.47. The van der Waals surface area contributed by atoms with Gasteiger partial charge in [0.15, 0.2) is 0 Å². The number of carbonyl (C=O) groups is 1. The van der Waals surface area contributed by atoms with Crippen LogP contribution in [-0.4, -0.2) is 6.03 Å². The van der Waals surface area contributed by atoms with Gasteiger partial charge in [-0.05, 0) is 30.3 Å². The predicted molar refractivity (Wildman–Crippen MR) is 74.9 cm³/mol. The van der Waals surface area contributed by atoms with E-state index in [1.165, 1.54) is 18.2 Å². The second kappa shape index (κ2) is 5.58. The molecule has 0 unspecified atom stereocenters. The van der Waals surface area contributed by atoms with Crippen LogP contribution in [0.1, 0.15) is 0 Å². The van der Waals surface area contributed by atoms with Crippen LogP contribution < -0.4 is 16.4 Å². The lowest BCUT2D eigenvalue weighted by Gasteiger charge is -2.09. The summed E-state index contributed by atoms with van der Waals surface area (Å²) in [6.45, 7) is 0. The quantitative estimate of drug-likeness (QED) is 0.734. The molecule has 2 rings (SSSR count). The molecule has 0 aromatic heterocycles. The molecule has 98 valence electrons. The van der Waals surface area contributed by atoms with Gasteiger partial charge in [-0.3, -0.25) is 0 Å². The van der Waals surface area contributed by atoms with Gasteiger partial charge in [0.1, 0.15) is 5.82 Å². The van der Waals surface area contributed by atoms with Gasteiger partial charge in [0.25, 0.3) is 0 Å². The molecule has 0 aliphatic heterocycles. The normalized spacial score (nSPS) is 10.0. The predicted octanol–water partition coefficient (Wildman–Crippen LogP) is 3.71. The van der Waals surface area contributed by atoms with E-state index in [1.807, 2.05) is 0 Å². The molecule has 0 fully saturated rings. The largest absolute Gasteiger partial charge is 0.396 e. The number of nitrogens with two attached hydrogens (primary N) is 1. The SMILES string of the molecule is Nc1cc(NC(=O)Nc2ccccc2Cl)ccc1F. The summed E-state index contributed by atoms with van der Waals surface area (Å²) in [7, 11) is 0. The number of nitrogens with one attached hydrogen (secondary N) is 2. The third kappa shape index (κ3) is 3.35. The van der Waals surface area contributed by atoms with Crippen molar-refractivity contribution in [2.75, 3.05) is 16.4 Å². The van der Waals surface area contributed by atoms with Crippen LogP contribution in [0.4, 0.5) is 26.2 Å². The molecule has 0 bridgehead atoms. The van der Waals surface area contributed by atoms with Crippen molar-refractivity contribution in [3.05, 3.63) is 53.3 Å². The van der Waals surface area contributed by atoms with E-state index in [-0.39, 0.29) is 5.69 Å². The molecule has 2 aromatic carbocycles. The first-order valence-corrected chi connectivity index (χ1v) is 5.81. The number of hydrogen-bond donors (Lipinski definition) is 3. The third-order valence-corrected chi connectivity index (χ3v) is 2.71. The fourth-order valence-corrected chi connectivity index (χ4v) is 1.65. The van der Waals surface area contributed by atoms with E-state index >= 15 is 0 Å². The van der Waals surface area contributed by atoms with E-state index in [0.717, 1.165) is 0 Å². The van der Waals surface area contributed by atoms with Crippen molar-refractivity contribution in [3.63, 3.8) is 0 Å². The lowest BCUT2D eigenvalue weighted by molar-refractivity contribution is 0.262. The highest BCUT2D eigenvalue weighted by Crippen LogP contribution is 2.21. The van der Waals surface area contributed by atoms with Gasteiger partial charge < -0.3 is 16.4 Å². The minimum atomic E-state index is -0.530. The van der Waals surface area contributed by atoms with Crippen LogP contribution in [0.25, 0.3) is 0 Å². The number of anilines is 3. The van der Waals surface area contributed by atoms with Crippen molar-refractivity contribution >= 4 is 34.7 Å². The highest BCUT2D eigenvalue weighted by Gasteiger charge is 2.06. The van der Waals surface area contributed by atoms with Gasteiger partial charge >= 0.3 is 6.03 Å². The average molecular weight is 280 g/mol. The summed E-state index contributed by atoms with van der Waals surface area (Å²) in [6.07, 6.45) is 0. The second-order valence-corrected chi connectivity index (χ2v) is 4.20. The Morgan fingerprint density at radius 3 is 2.58 bits per heavy atom. The number of hydrogen-bond acceptors (Lipinski definition) is 2. The summed E-state index contributed by atoms with van der Waals surface area (Å²) in [5.74, 6) is -0.530. The maximum Gasteiger partial charge on any atom is 0.323 e.